The summed E-state index contributed by atoms with van der Waals surface area (Å²) in [6.07, 6.45) is 4.68. The van der Waals surface area contributed by atoms with Crippen LogP contribution in [0.1, 0.15) is 55.5 Å². The maximum Gasteiger partial charge on any atom is 0.223 e. The topological polar surface area (TPSA) is 58.6 Å². The van der Waals surface area contributed by atoms with Crippen LogP contribution in [0, 0.1) is 0 Å². The fourth-order valence-electron chi connectivity index (χ4n) is 3.54. The van der Waals surface area contributed by atoms with Crippen molar-refractivity contribution in [3.8, 4) is 0 Å². The van der Waals surface area contributed by atoms with Crippen LogP contribution in [-0.2, 0) is 14.3 Å². The van der Waals surface area contributed by atoms with Gasteiger partial charge in [0.2, 0.25) is 11.8 Å². The first kappa shape index (κ1) is 20.8. The number of fused-ring (bicyclic) bond motifs is 1. The highest BCUT2D eigenvalue weighted by atomic mass is 16.5. The summed E-state index contributed by atoms with van der Waals surface area (Å²) < 4.78 is 5.84. The van der Waals surface area contributed by atoms with Crippen LogP contribution >= 0.6 is 0 Å². The van der Waals surface area contributed by atoms with Crippen LogP contribution in [0.2, 0.25) is 0 Å². The van der Waals surface area contributed by atoms with Crippen LogP contribution in [0.15, 0.2) is 60.8 Å². The second-order valence-electron chi connectivity index (χ2n) is 7.22. The molecule has 0 aromatic heterocycles. The summed E-state index contributed by atoms with van der Waals surface area (Å²) in [7, 11) is 0. The van der Waals surface area contributed by atoms with Crippen LogP contribution in [0.25, 0.3) is 6.08 Å². The standard InChI is InChI=1S/C24H28N2O3/c1-18(20-9-4-3-5-10-20)29-16-8-14-25-24(28)17-23-22-12-7-6-11-21(22)13-15-26(23)19(2)27/h3-7,9-13,15,18,23H,8,14,16-17H2,1-2H3,(H,25,28). The van der Waals surface area contributed by atoms with Gasteiger partial charge in [-0.15, -0.1) is 0 Å². The van der Waals surface area contributed by atoms with E-state index in [4.69, 9.17) is 4.74 Å². The third kappa shape index (κ3) is 5.55. The van der Waals surface area contributed by atoms with Crippen molar-refractivity contribution in [2.45, 2.75) is 38.8 Å². The van der Waals surface area contributed by atoms with Gasteiger partial charge in [0.25, 0.3) is 0 Å². The molecule has 5 heteroatoms. The Hall–Kier alpha value is -2.92. The van der Waals surface area contributed by atoms with Gasteiger partial charge in [-0.25, -0.2) is 0 Å². The second kappa shape index (κ2) is 10.0. The summed E-state index contributed by atoms with van der Waals surface area (Å²) in [5, 5.41) is 2.95. The van der Waals surface area contributed by atoms with E-state index in [1.165, 1.54) is 6.92 Å². The van der Waals surface area contributed by atoms with Gasteiger partial charge in [-0.05, 0) is 36.1 Å². The van der Waals surface area contributed by atoms with Gasteiger partial charge in [0, 0.05) is 26.3 Å². The molecule has 2 amide bonds. The predicted octanol–water partition coefficient (Wildman–Crippen LogP) is 4.23. The van der Waals surface area contributed by atoms with Gasteiger partial charge in [0.15, 0.2) is 0 Å². The molecule has 0 radical (unpaired) electrons. The van der Waals surface area contributed by atoms with Crippen molar-refractivity contribution in [1.29, 1.82) is 0 Å². The SMILES string of the molecule is CC(=O)N1C=Cc2ccccc2C1CC(=O)NCCCOC(C)c1ccccc1. The van der Waals surface area contributed by atoms with E-state index in [0.717, 1.165) is 23.1 Å². The molecule has 152 valence electrons. The number of rotatable bonds is 8. The van der Waals surface area contributed by atoms with E-state index >= 15 is 0 Å². The first-order valence-corrected chi connectivity index (χ1v) is 10.1. The van der Waals surface area contributed by atoms with Gasteiger partial charge in [-0.2, -0.15) is 0 Å². The number of hydrogen-bond donors (Lipinski definition) is 1. The third-order valence-electron chi connectivity index (χ3n) is 5.13. The number of amides is 2. The molecule has 1 aliphatic rings. The summed E-state index contributed by atoms with van der Waals surface area (Å²) in [5.41, 5.74) is 3.19. The fourth-order valence-corrected chi connectivity index (χ4v) is 3.54. The zero-order chi connectivity index (χ0) is 20.6. The lowest BCUT2D eigenvalue weighted by molar-refractivity contribution is -0.129. The summed E-state index contributed by atoms with van der Waals surface area (Å²) in [6, 6.07) is 17.7. The Morgan fingerprint density at radius 1 is 1.10 bits per heavy atom. The Bertz CT molecular complexity index is 863. The van der Waals surface area contributed by atoms with Crippen LogP contribution in [0.3, 0.4) is 0 Å². The Balaban J connectivity index is 1.46. The van der Waals surface area contributed by atoms with Crippen molar-refractivity contribution < 1.29 is 14.3 Å². The van der Waals surface area contributed by atoms with Crippen molar-refractivity contribution in [3.05, 3.63) is 77.5 Å². The summed E-state index contributed by atoms with van der Waals surface area (Å²) in [6.45, 7) is 4.67. The van der Waals surface area contributed by atoms with Gasteiger partial charge in [0.05, 0.1) is 18.6 Å². The van der Waals surface area contributed by atoms with Crippen molar-refractivity contribution >= 4 is 17.9 Å². The monoisotopic (exact) mass is 392 g/mol. The van der Waals surface area contributed by atoms with Crippen LogP contribution < -0.4 is 5.32 Å². The van der Waals surface area contributed by atoms with E-state index in [1.807, 2.05) is 67.6 Å². The predicted molar refractivity (Wildman–Crippen MR) is 114 cm³/mol. The molecule has 5 nitrogen and oxygen atoms in total. The Labute approximate surface area is 172 Å². The molecule has 2 unspecified atom stereocenters. The Morgan fingerprint density at radius 3 is 2.59 bits per heavy atom. The summed E-state index contributed by atoms with van der Waals surface area (Å²) in [4.78, 5) is 26.1. The van der Waals surface area contributed by atoms with E-state index in [1.54, 1.807) is 11.1 Å². The molecule has 0 spiro atoms. The molecule has 3 rings (SSSR count). The zero-order valence-corrected chi connectivity index (χ0v) is 17.0. The van der Waals surface area contributed by atoms with E-state index in [-0.39, 0.29) is 30.4 Å². The fraction of sp³-hybridized carbons (Fsp3) is 0.333. The Kier molecular flexibility index (Phi) is 7.19. The number of benzene rings is 2. The molecule has 1 heterocycles. The highest BCUT2D eigenvalue weighted by Crippen LogP contribution is 2.32. The lowest BCUT2D eigenvalue weighted by atomic mass is 9.93. The van der Waals surface area contributed by atoms with Crippen LogP contribution in [0.4, 0.5) is 0 Å². The number of nitrogens with one attached hydrogen (secondary N) is 1. The minimum Gasteiger partial charge on any atom is -0.374 e. The van der Waals surface area contributed by atoms with E-state index in [9.17, 15) is 9.59 Å². The summed E-state index contributed by atoms with van der Waals surface area (Å²) >= 11 is 0. The smallest absolute Gasteiger partial charge is 0.223 e. The molecule has 0 aliphatic carbocycles. The molecule has 1 aliphatic heterocycles. The molecule has 2 aromatic rings. The van der Waals surface area contributed by atoms with E-state index in [2.05, 4.69) is 5.32 Å². The number of nitrogens with zero attached hydrogens (tertiary/aromatic N) is 1. The summed E-state index contributed by atoms with van der Waals surface area (Å²) in [5.74, 6) is -0.140. The first-order chi connectivity index (χ1) is 14.1. The normalized spacial score (nSPS) is 16.2. The lowest BCUT2D eigenvalue weighted by Gasteiger charge is -2.32. The van der Waals surface area contributed by atoms with Crippen molar-refractivity contribution in [2.75, 3.05) is 13.2 Å². The molecule has 0 saturated heterocycles. The Morgan fingerprint density at radius 2 is 1.83 bits per heavy atom. The molecule has 0 saturated carbocycles. The van der Waals surface area contributed by atoms with Crippen LogP contribution in [-0.4, -0.2) is 29.9 Å². The number of ether oxygens (including phenoxy) is 1. The molecular weight excluding hydrogens is 364 g/mol. The molecular formula is C24H28N2O3. The third-order valence-corrected chi connectivity index (χ3v) is 5.13. The van der Waals surface area contributed by atoms with Crippen molar-refractivity contribution in [2.24, 2.45) is 0 Å². The molecule has 0 bridgehead atoms. The minimum atomic E-state index is -0.275. The second-order valence-corrected chi connectivity index (χ2v) is 7.22. The maximum atomic E-state index is 12.5. The molecule has 1 N–H and O–H groups in total. The van der Waals surface area contributed by atoms with E-state index < -0.39 is 0 Å². The minimum absolute atomic E-state index is 0.0292. The van der Waals surface area contributed by atoms with Crippen LogP contribution in [0.5, 0.6) is 0 Å². The van der Waals surface area contributed by atoms with Gasteiger partial charge in [0.1, 0.15) is 0 Å². The van der Waals surface area contributed by atoms with Gasteiger partial charge < -0.3 is 15.0 Å². The van der Waals surface area contributed by atoms with E-state index in [0.29, 0.717) is 13.2 Å². The molecule has 0 fully saturated rings. The highest BCUT2D eigenvalue weighted by Gasteiger charge is 2.27. The van der Waals surface area contributed by atoms with Gasteiger partial charge in [-0.1, -0.05) is 54.6 Å². The quantitative estimate of drug-likeness (QED) is 0.684. The number of carbonyl (C=O) groups is 2. The molecule has 2 aromatic carbocycles. The molecule has 2 atom stereocenters. The first-order valence-electron chi connectivity index (χ1n) is 10.1. The highest BCUT2D eigenvalue weighted by molar-refractivity contribution is 5.81. The molecule has 29 heavy (non-hydrogen) atoms. The van der Waals surface area contributed by atoms with Gasteiger partial charge >= 0.3 is 0 Å². The zero-order valence-electron chi connectivity index (χ0n) is 17.0. The van der Waals surface area contributed by atoms with Crippen molar-refractivity contribution in [1.82, 2.24) is 10.2 Å². The largest absolute Gasteiger partial charge is 0.374 e. The van der Waals surface area contributed by atoms with Crippen molar-refractivity contribution in [3.63, 3.8) is 0 Å². The average molecular weight is 392 g/mol. The number of carbonyl (C=O) groups excluding carboxylic acids is 2. The average Bonchev–Trinajstić information content (AvgIpc) is 2.74. The number of hydrogen-bond acceptors (Lipinski definition) is 3. The lowest BCUT2D eigenvalue weighted by Crippen LogP contribution is -2.35. The van der Waals surface area contributed by atoms with Gasteiger partial charge in [-0.3, -0.25) is 9.59 Å². The maximum absolute atomic E-state index is 12.5.